The van der Waals surface area contributed by atoms with E-state index in [1.807, 2.05) is 16.9 Å². The van der Waals surface area contributed by atoms with E-state index in [0.717, 1.165) is 19.3 Å². The molecule has 2 aliphatic rings. The van der Waals surface area contributed by atoms with Crippen molar-refractivity contribution in [2.45, 2.75) is 69.5 Å². The summed E-state index contributed by atoms with van der Waals surface area (Å²) >= 11 is 0. The number of aromatic nitrogens is 2. The van der Waals surface area contributed by atoms with Crippen LogP contribution in [-0.2, 0) is 14.4 Å². The van der Waals surface area contributed by atoms with Crippen LogP contribution in [0.3, 0.4) is 0 Å². The third-order valence-corrected chi connectivity index (χ3v) is 6.29. The summed E-state index contributed by atoms with van der Waals surface area (Å²) in [4.78, 5) is 39.2. The number of nitrogens with two attached hydrogens (primary N) is 1. The lowest BCUT2D eigenvalue weighted by Crippen LogP contribution is -2.50. The molecule has 3 atom stereocenters. The Balaban J connectivity index is 1.49. The molecule has 4 N–H and O–H groups in total. The second-order valence-corrected chi connectivity index (χ2v) is 8.50. The van der Waals surface area contributed by atoms with E-state index in [1.165, 1.54) is 19.3 Å². The van der Waals surface area contributed by atoms with Crippen molar-refractivity contribution < 1.29 is 14.4 Å². The second kappa shape index (κ2) is 10.6. The van der Waals surface area contributed by atoms with Gasteiger partial charge in [0, 0.05) is 32.5 Å². The Morgan fingerprint density at radius 1 is 1.20 bits per heavy atom. The maximum Gasteiger partial charge on any atom is 0.242 e. The number of likely N-dealkylation sites (N-methyl/N-ethyl adjacent to an activating group) is 1. The fraction of sp³-hybridized carbons (Fsp3) is 0.714. The molecule has 9 nitrogen and oxygen atoms in total. The number of hydrogen-bond acceptors (Lipinski definition) is 5. The summed E-state index contributed by atoms with van der Waals surface area (Å²) in [6.45, 7) is 1.14. The van der Waals surface area contributed by atoms with Gasteiger partial charge in [-0.3, -0.25) is 19.1 Å². The van der Waals surface area contributed by atoms with Crippen molar-refractivity contribution in [2.24, 2.45) is 11.7 Å². The molecule has 2 fully saturated rings. The summed E-state index contributed by atoms with van der Waals surface area (Å²) in [5.41, 5.74) is 6.06. The third kappa shape index (κ3) is 5.81. The average Bonchev–Trinajstić information content (AvgIpc) is 3.44. The smallest absolute Gasteiger partial charge is 0.242 e. The van der Waals surface area contributed by atoms with Crippen molar-refractivity contribution in [3.63, 3.8) is 0 Å². The van der Waals surface area contributed by atoms with Crippen LogP contribution in [0.5, 0.6) is 0 Å². The van der Waals surface area contributed by atoms with E-state index in [4.69, 9.17) is 5.73 Å². The summed E-state index contributed by atoms with van der Waals surface area (Å²) in [7, 11) is 1.57. The maximum atomic E-state index is 12.7. The van der Waals surface area contributed by atoms with E-state index in [0.29, 0.717) is 25.4 Å². The molecule has 0 aromatic carbocycles. The van der Waals surface area contributed by atoms with E-state index in [9.17, 15) is 14.4 Å². The first-order valence-electron chi connectivity index (χ1n) is 11.0. The van der Waals surface area contributed by atoms with Gasteiger partial charge in [0.1, 0.15) is 6.04 Å². The molecule has 0 bridgehead atoms. The Bertz CT molecular complexity index is 716. The molecule has 0 spiro atoms. The number of hydrogen-bond donors (Lipinski definition) is 3. The molecule has 9 heteroatoms. The zero-order chi connectivity index (χ0) is 21.5. The largest absolute Gasteiger partial charge is 0.357 e. The normalized spacial score (nSPS) is 21.8. The van der Waals surface area contributed by atoms with Gasteiger partial charge in [0.05, 0.1) is 18.5 Å². The van der Waals surface area contributed by atoms with Crippen molar-refractivity contribution in [2.75, 3.05) is 20.1 Å². The van der Waals surface area contributed by atoms with Gasteiger partial charge < -0.3 is 21.3 Å². The molecule has 1 aromatic heterocycles. The molecule has 1 aromatic rings. The first-order valence-corrected chi connectivity index (χ1v) is 11.0. The van der Waals surface area contributed by atoms with Crippen LogP contribution < -0.4 is 16.4 Å². The number of carbonyl (C=O) groups is 3. The van der Waals surface area contributed by atoms with Gasteiger partial charge in [-0.25, -0.2) is 0 Å². The molecular weight excluding hydrogens is 384 g/mol. The van der Waals surface area contributed by atoms with Gasteiger partial charge in [0.2, 0.25) is 17.7 Å². The Morgan fingerprint density at radius 3 is 2.63 bits per heavy atom. The second-order valence-electron chi connectivity index (χ2n) is 8.50. The molecule has 0 radical (unpaired) electrons. The van der Waals surface area contributed by atoms with Crippen LogP contribution in [0.1, 0.15) is 57.4 Å². The number of nitrogens with one attached hydrogen (secondary N) is 2. The highest BCUT2D eigenvalue weighted by atomic mass is 16.2. The van der Waals surface area contributed by atoms with E-state index < -0.39 is 12.1 Å². The maximum absolute atomic E-state index is 12.7. The van der Waals surface area contributed by atoms with Crippen molar-refractivity contribution >= 4 is 17.7 Å². The van der Waals surface area contributed by atoms with Crippen LogP contribution in [0, 0.1) is 5.92 Å². The number of nitrogens with zero attached hydrogens (tertiary/aromatic N) is 3. The Kier molecular flexibility index (Phi) is 7.84. The molecule has 1 saturated heterocycles. The highest BCUT2D eigenvalue weighted by molar-refractivity contribution is 5.91. The Morgan fingerprint density at radius 2 is 1.97 bits per heavy atom. The molecule has 2 unspecified atom stereocenters. The van der Waals surface area contributed by atoms with E-state index in [-0.39, 0.29) is 30.2 Å². The van der Waals surface area contributed by atoms with Gasteiger partial charge in [-0.1, -0.05) is 32.1 Å². The number of rotatable bonds is 8. The monoisotopic (exact) mass is 418 g/mol. The average molecular weight is 419 g/mol. The molecule has 30 heavy (non-hydrogen) atoms. The predicted octanol–water partition coefficient (Wildman–Crippen LogP) is 0.575. The van der Waals surface area contributed by atoms with Crippen molar-refractivity contribution in [1.82, 2.24) is 25.3 Å². The predicted molar refractivity (Wildman–Crippen MR) is 112 cm³/mol. The van der Waals surface area contributed by atoms with Gasteiger partial charge in [-0.2, -0.15) is 5.10 Å². The minimum Gasteiger partial charge on any atom is -0.357 e. The summed E-state index contributed by atoms with van der Waals surface area (Å²) < 4.78 is 1.85. The van der Waals surface area contributed by atoms with Gasteiger partial charge in [-0.05, 0) is 24.8 Å². The number of likely N-dealkylation sites (tertiary alicyclic amines) is 1. The van der Waals surface area contributed by atoms with Crippen LogP contribution in [-0.4, -0.2) is 64.6 Å². The fourth-order valence-electron chi connectivity index (χ4n) is 4.59. The van der Waals surface area contributed by atoms with Crippen LogP contribution in [0.15, 0.2) is 18.5 Å². The third-order valence-electron chi connectivity index (χ3n) is 6.29. The van der Waals surface area contributed by atoms with E-state index >= 15 is 0 Å². The number of amides is 3. The fourth-order valence-corrected chi connectivity index (χ4v) is 4.59. The molecule has 3 rings (SSSR count). The van der Waals surface area contributed by atoms with Gasteiger partial charge >= 0.3 is 0 Å². The minimum absolute atomic E-state index is 0.125. The van der Waals surface area contributed by atoms with Gasteiger partial charge in [-0.15, -0.1) is 0 Å². The standard InChI is InChI=1S/C21H34N6O3/c1-23-20(29)18(12-15-6-3-2-4-7-15)25-19(28)13-17(22)21(30)26-11-8-16(14-26)27-10-5-9-24-27/h5,9-10,15-18H,2-4,6-8,11-14,22H2,1H3,(H,23,29)(H,25,28)/t16-,17?,18?/m0/s1. The minimum atomic E-state index is -0.915. The summed E-state index contributed by atoms with van der Waals surface area (Å²) in [6, 6.07) is 0.500. The van der Waals surface area contributed by atoms with E-state index in [1.54, 1.807) is 18.1 Å². The molecule has 166 valence electrons. The number of carbonyl (C=O) groups excluding carboxylic acids is 3. The molecule has 1 saturated carbocycles. The van der Waals surface area contributed by atoms with Crippen LogP contribution in [0.4, 0.5) is 0 Å². The highest BCUT2D eigenvalue weighted by Crippen LogP contribution is 2.27. The van der Waals surface area contributed by atoms with Crippen LogP contribution in [0.25, 0.3) is 0 Å². The lowest BCUT2D eigenvalue weighted by molar-refractivity contribution is -0.135. The van der Waals surface area contributed by atoms with Crippen LogP contribution in [0.2, 0.25) is 0 Å². The Hall–Kier alpha value is -2.42. The van der Waals surface area contributed by atoms with Crippen molar-refractivity contribution in [1.29, 1.82) is 0 Å². The molecule has 3 amide bonds. The van der Waals surface area contributed by atoms with Crippen LogP contribution >= 0.6 is 0 Å². The summed E-state index contributed by atoms with van der Waals surface area (Å²) in [5, 5.41) is 9.67. The molecule has 2 heterocycles. The van der Waals surface area contributed by atoms with Gasteiger partial charge in [0.25, 0.3) is 0 Å². The lowest BCUT2D eigenvalue weighted by Gasteiger charge is -2.27. The van der Waals surface area contributed by atoms with Crippen molar-refractivity contribution in [3.05, 3.63) is 18.5 Å². The quantitative estimate of drug-likeness (QED) is 0.570. The Labute approximate surface area is 177 Å². The van der Waals surface area contributed by atoms with Crippen molar-refractivity contribution in [3.8, 4) is 0 Å². The molecule has 1 aliphatic carbocycles. The highest BCUT2D eigenvalue weighted by Gasteiger charge is 2.32. The van der Waals surface area contributed by atoms with E-state index in [2.05, 4.69) is 15.7 Å². The summed E-state index contributed by atoms with van der Waals surface area (Å²) in [6.07, 6.45) is 10.7. The SMILES string of the molecule is CNC(=O)C(CC1CCCCC1)NC(=O)CC(N)C(=O)N1CC[C@H](n2cccn2)C1. The zero-order valence-electron chi connectivity index (χ0n) is 17.8. The summed E-state index contributed by atoms with van der Waals surface area (Å²) in [5.74, 6) is -0.345. The lowest BCUT2D eigenvalue weighted by atomic mass is 9.84. The first-order chi connectivity index (χ1) is 14.5. The first kappa shape index (κ1) is 22.3. The zero-order valence-corrected chi connectivity index (χ0v) is 17.8. The molecule has 1 aliphatic heterocycles. The topological polar surface area (TPSA) is 122 Å². The molecular formula is C21H34N6O3. The van der Waals surface area contributed by atoms with Gasteiger partial charge in [0.15, 0.2) is 0 Å².